The average molecular weight is 478 g/mol. The lowest BCUT2D eigenvalue weighted by Gasteiger charge is -2.57. The van der Waals surface area contributed by atoms with Crippen LogP contribution in [0.1, 0.15) is 49.7 Å². The number of nitrogens with zero attached hydrogens (tertiary/aromatic N) is 3. The Labute approximate surface area is 216 Å². The van der Waals surface area contributed by atoms with Gasteiger partial charge in [-0.1, -0.05) is 60.2 Å². The van der Waals surface area contributed by atoms with Crippen molar-refractivity contribution in [2.75, 3.05) is 0 Å². The average Bonchev–Trinajstić information content (AvgIpc) is 3.26. The molecule has 4 aliphatic rings. The number of hydrogen-bond donors (Lipinski definition) is 0. The molecule has 1 aromatic heterocycles. The van der Waals surface area contributed by atoms with Crippen LogP contribution in [0.2, 0.25) is 0 Å². The highest BCUT2D eigenvalue weighted by molar-refractivity contribution is 6.21. The largest absolute Gasteiger partial charge is 0.318 e. The maximum Gasteiger partial charge on any atom is 0.212 e. The summed E-state index contributed by atoms with van der Waals surface area (Å²) in [5.74, 6) is 2.45. The normalized spacial score (nSPS) is 26.1. The van der Waals surface area contributed by atoms with Gasteiger partial charge in [0.2, 0.25) is 5.69 Å². The number of para-hydroxylation sites is 1. The lowest BCUT2D eigenvalue weighted by molar-refractivity contribution is -0.00516. The van der Waals surface area contributed by atoms with Gasteiger partial charge in [-0.15, -0.1) is 0 Å². The summed E-state index contributed by atoms with van der Waals surface area (Å²) in [4.78, 5) is 4.08. The predicted octanol–water partition coefficient (Wildman–Crippen LogP) is 8.83. The van der Waals surface area contributed by atoms with E-state index < -0.39 is 0 Å². The SMILES string of the molecule is [C-]#[N+]c1cc(C23CC4CC(CC(C4)C2)C3)cc(C#N)c1-n1c2ccccc2c2c3ccccc3ccc21. The van der Waals surface area contributed by atoms with Gasteiger partial charge >= 0.3 is 0 Å². The van der Waals surface area contributed by atoms with E-state index in [0.717, 1.165) is 39.9 Å². The predicted molar refractivity (Wildman–Crippen MR) is 149 cm³/mol. The standard InChI is InChI=1S/C34H27N3/c1-36-29-16-26(34-17-21-12-22(18-34)14-23(13-21)19-34)15-25(20-35)33(29)37-30-9-5-4-8-28(30)32-27-7-3-2-6-24(27)10-11-31(32)37/h2-11,15-16,21-23H,12-14,17-19H2. The highest BCUT2D eigenvalue weighted by Gasteiger charge is 2.51. The van der Waals surface area contributed by atoms with Crippen molar-refractivity contribution in [3.8, 4) is 11.8 Å². The number of benzene rings is 4. The van der Waals surface area contributed by atoms with Crippen molar-refractivity contribution in [2.45, 2.75) is 43.9 Å². The van der Waals surface area contributed by atoms with Gasteiger partial charge < -0.3 is 4.57 Å². The van der Waals surface area contributed by atoms with Crippen LogP contribution in [0.4, 0.5) is 5.69 Å². The molecule has 1 heterocycles. The molecule has 178 valence electrons. The topological polar surface area (TPSA) is 33.1 Å². The summed E-state index contributed by atoms with van der Waals surface area (Å²) in [7, 11) is 0. The molecule has 0 unspecified atom stereocenters. The molecule has 4 aromatic carbocycles. The van der Waals surface area contributed by atoms with Crippen molar-refractivity contribution in [3.05, 3.63) is 95.3 Å². The van der Waals surface area contributed by atoms with E-state index in [1.165, 1.54) is 60.2 Å². The summed E-state index contributed by atoms with van der Waals surface area (Å²) in [6, 6.07) is 28.0. The van der Waals surface area contributed by atoms with E-state index in [1.807, 2.05) is 6.07 Å². The van der Waals surface area contributed by atoms with Gasteiger partial charge in [-0.2, -0.15) is 5.26 Å². The monoisotopic (exact) mass is 477 g/mol. The first-order valence-corrected chi connectivity index (χ1v) is 13.5. The molecule has 0 amide bonds. The minimum atomic E-state index is 0.148. The second-order valence-corrected chi connectivity index (χ2v) is 11.8. The van der Waals surface area contributed by atoms with Crippen molar-refractivity contribution >= 4 is 38.3 Å². The molecule has 4 aliphatic carbocycles. The third-order valence-corrected chi connectivity index (χ3v) is 9.77. The van der Waals surface area contributed by atoms with Gasteiger partial charge in [0.05, 0.1) is 34.9 Å². The summed E-state index contributed by atoms with van der Waals surface area (Å²) in [5.41, 5.74) is 5.42. The first-order chi connectivity index (χ1) is 18.2. The maximum atomic E-state index is 10.5. The van der Waals surface area contributed by atoms with Crippen LogP contribution in [0.15, 0.2) is 72.8 Å². The summed E-state index contributed by atoms with van der Waals surface area (Å²) < 4.78 is 2.17. The molecule has 9 rings (SSSR count). The summed E-state index contributed by atoms with van der Waals surface area (Å²) in [6.07, 6.45) is 7.82. The Bertz CT molecular complexity index is 1770. The quantitative estimate of drug-likeness (QED) is 0.234. The molecule has 4 saturated carbocycles. The summed E-state index contributed by atoms with van der Waals surface area (Å²) in [5, 5.41) is 15.2. The van der Waals surface area contributed by atoms with Gasteiger partial charge in [0.15, 0.2) is 0 Å². The molecule has 5 aromatic rings. The number of rotatable bonds is 2. The lowest BCUT2D eigenvalue weighted by Crippen LogP contribution is -2.48. The Balaban J connectivity index is 1.42. The first kappa shape index (κ1) is 21.0. The molecule has 37 heavy (non-hydrogen) atoms. The molecule has 4 fully saturated rings. The van der Waals surface area contributed by atoms with Crippen LogP contribution in [0.3, 0.4) is 0 Å². The van der Waals surface area contributed by atoms with Gasteiger partial charge in [-0.25, -0.2) is 4.85 Å². The Morgan fingerprint density at radius 1 is 0.811 bits per heavy atom. The van der Waals surface area contributed by atoms with Crippen molar-refractivity contribution in [3.63, 3.8) is 0 Å². The van der Waals surface area contributed by atoms with Gasteiger partial charge in [-0.05, 0) is 90.7 Å². The smallest absolute Gasteiger partial charge is 0.212 e. The third kappa shape index (κ3) is 2.86. The fraction of sp³-hybridized carbons (Fsp3) is 0.294. The minimum absolute atomic E-state index is 0.148. The Kier molecular flexibility index (Phi) is 4.25. The van der Waals surface area contributed by atoms with Crippen LogP contribution in [0.5, 0.6) is 0 Å². The molecule has 0 spiro atoms. The molecule has 0 N–H and O–H groups in total. The fourth-order valence-electron chi connectivity index (χ4n) is 8.78. The van der Waals surface area contributed by atoms with E-state index >= 15 is 0 Å². The van der Waals surface area contributed by atoms with E-state index in [2.05, 4.69) is 82.2 Å². The van der Waals surface area contributed by atoms with Gasteiger partial charge in [0.1, 0.15) is 0 Å². The summed E-state index contributed by atoms with van der Waals surface area (Å²) in [6.45, 7) is 8.24. The molecular formula is C34H27N3. The van der Waals surface area contributed by atoms with Gasteiger partial charge in [0, 0.05) is 10.8 Å². The van der Waals surface area contributed by atoms with Crippen LogP contribution in [0.25, 0.3) is 43.1 Å². The molecule has 0 saturated heterocycles. The van der Waals surface area contributed by atoms with Crippen molar-refractivity contribution in [1.29, 1.82) is 5.26 Å². The molecule has 0 radical (unpaired) electrons. The van der Waals surface area contributed by atoms with Crippen molar-refractivity contribution in [2.24, 2.45) is 17.8 Å². The zero-order valence-corrected chi connectivity index (χ0v) is 20.7. The van der Waals surface area contributed by atoms with E-state index in [-0.39, 0.29) is 5.41 Å². The fourth-order valence-corrected chi connectivity index (χ4v) is 8.78. The Morgan fingerprint density at radius 2 is 1.49 bits per heavy atom. The molecule has 3 nitrogen and oxygen atoms in total. The zero-order chi connectivity index (χ0) is 24.7. The molecular weight excluding hydrogens is 450 g/mol. The third-order valence-electron chi connectivity index (χ3n) is 9.77. The molecule has 0 atom stereocenters. The van der Waals surface area contributed by atoms with Crippen LogP contribution < -0.4 is 0 Å². The van der Waals surface area contributed by atoms with Crippen molar-refractivity contribution in [1.82, 2.24) is 4.57 Å². The van der Waals surface area contributed by atoms with E-state index in [0.29, 0.717) is 11.3 Å². The highest BCUT2D eigenvalue weighted by Crippen LogP contribution is 2.61. The van der Waals surface area contributed by atoms with Crippen LogP contribution >= 0.6 is 0 Å². The summed E-state index contributed by atoms with van der Waals surface area (Å²) >= 11 is 0. The van der Waals surface area contributed by atoms with Gasteiger partial charge in [0.25, 0.3) is 0 Å². The van der Waals surface area contributed by atoms with E-state index in [4.69, 9.17) is 6.57 Å². The minimum Gasteiger partial charge on any atom is -0.318 e. The highest BCUT2D eigenvalue weighted by atomic mass is 15.0. The lowest BCUT2D eigenvalue weighted by atomic mass is 9.48. The zero-order valence-electron chi connectivity index (χ0n) is 20.7. The number of nitriles is 1. The Hall–Kier alpha value is -4.08. The molecule has 4 bridgehead atoms. The van der Waals surface area contributed by atoms with Crippen LogP contribution in [-0.2, 0) is 5.41 Å². The Morgan fingerprint density at radius 3 is 2.19 bits per heavy atom. The first-order valence-electron chi connectivity index (χ1n) is 13.5. The van der Waals surface area contributed by atoms with Crippen LogP contribution in [0, 0.1) is 35.7 Å². The maximum absolute atomic E-state index is 10.5. The second kappa shape index (κ2) is 7.47. The molecule has 0 aliphatic heterocycles. The van der Waals surface area contributed by atoms with Crippen molar-refractivity contribution < 1.29 is 0 Å². The number of fused-ring (bicyclic) bond motifs is 5. The molecule has 3 heteroatoms. The van der Waals surface area contributed by atoms with Crippen LogP contribution in [-0.4, -0.2) is 4.57 Å². The number of hydrogen-bond acceptors (Lipinski definition) is 1. The number of aromatic nitrogens is 1. The van der Waals surface area contributed by atoms with E-state index in [1.54, 1.807) is 0 Å². The second-order valence-electron chi connectivity index (χ2n) is 11.8. The van der Waals surface area contributed by atoms with E-state index in [9.17, 15) is 5.26 Å². The van der Waals surface area contributed by atoms with Gasteiger partial charge in [-0.3, -0.25) is 0 Å².